The Labute approximate surface area is 162 Å². The number of nitrogen functional groups attached to an aromatic ring is 1. The number of nitro benzene ring substituents is 1. The molecule has 8 nitrogen and oxygen atoms in total. The number of nitrogens with zero attached hydrogens (tertiary/aromatic N) is 1. The summed E-state index contributed by atoms with van der Waals surface area (Å²) in [7, 11) is 0. The number of nitro groups is 1. The van der Waals surface area contributed by atoms with Crippen LogP contribution in [0.4, 0.5) is 25.8 Å². The van der Waals surface area contributed by atoms with Gasteiger partial charge < -0.3 is 15.8 Å². The van der Waals surface area contributed by atoms with Crippen molar-refractivity contribution in [3.05, 3.63) is 58.1 Å². The number of rotatable bonds is 7. The van der Waals surface area contributed by atoms with Gasteiger partial charge in [-0.3, -0.25) is 14.9 Å². The van der Waals surface area contributed by atoms with E-state index in [-0.39, 0.29) is 16.9 Å². The summed E-state index contributed by atoms with van der Waals surface area (Å²) in [5.41, 5.74) is 5.34. The number of anilines is 2. The van der Waals surface area contributed by atoms with Crippen LogP contribution < -0.4 is 11.1 Å². The molecule has 0 heterocycles. The third kappa shape index (κ3) is 5.64. The van der Waals surface area contributed by atoms with Crippen LogP contribution in [0.15, 0.2) is 47.4 Å². The summed E-state index contributed by atoms with van der Waals surface area (Å²) < 4.78 is 29.6. The Morgan fingerprint density at radius 2 is 1.86 bits per heavy atom. The number of carbonyl (C=O) groups excluding carboxylic acids is 2. The molecule has 2 aromatic carbocycles. The van der Waals surface area contributed by atoms with E-state index < -0.39 is 28.7 Å². The van der Waals surface area contributed by atoms with E-state index in [1.54, 1.807) is 0 Å². The average molecular weight is 411 g/mol. The number of thioether (sulfide) groups is 1. The zero-order valence-electron chi connectivity index (χ0n) is 14.4. The summed E-state index contributed by atoms with van der Waals surface area (Å²) in [6.45, 7) is 1.31. The molecule has 28 heavy (non-hydrogen) atoms. The average Bonchev–Trinajstić information content (AvgIpc) is 2.62. The van der Waals surface area contributed by atoms with Crippen molar-refractivity contribution in [1.29, 1.82) is 0 Å². The van der Waals surface area contributed by atoms with Crippen LogP contribution in [-0.4, -0.2) is 28.7 Å². The molecule has 1 atom stereocenters. The van der Waals surface area contributed by atoms with Crippen molar-refractivity contribution in [3.63, 3.8) is 0 Å². The number of non-ortho nitro benzene ring substituents is 1. The largest absolute Gasteiger partial charge is 0.449 e. The third-order valence-electron chi connectivity index (χ3n) is 3.47. The van der Waals surface area contributed by atoms with E-state index in [2.05, 4.69) is 5.32 Å². The van der Waals surface area contributed by atoms with Crippen LogP contribution in [0.1, 0.15) is 17.3 Å². The zero-order valence-corrected chi connectivity index (χ0v) is 15.2. The molecule has 0 aliphatic rings. The van der Waals surface area contributed by atoms with E-state index in [9.17, 15) is 28.5 Å². The fourth-order valence-corrected chi connectivity index (χ4v) is 2.57. The number of carbonyl (C=O) groups is 2. The molecule has 2 aromatic rings. The van der Waals surface area contributed by atoms with Gasteiger partial charge in [-0.15, -0.1) is 0 Å². The van der Waals surface area contributed by atoms with Crippen LogP contribution in [-0.2, 0) is 9.53 Å². The molecule has 2 rings (SSSR count). The highest BCUT2D eigenvalue weighted by molar-refractivity contribution is 7.99. The molecule has 11 heteroatoms. The molecule has 0 saturated carbocycles. The van der Waals surface area contributed by atoms with Crippen LogP contribution in [0, 0.1) is 10.1 Å². The molecule has 0 saturated heterocycles. The lowest BCUT2D eigenvalue weighted by Crippen LogP contribution is -2.30. The summed E-state index contributed by atoms with van der Waals surface area (Å²) in [6.07, 6.45) is -1.23. The van der Waals surface area contributed by atoms with Gasteiger partial charge in [-0.1, -0.05) is 11.8 Å². The normalized spacial score (nSPS) is 11.7. The van der Waals surface area contributed by atoms with Gasteiger partial charge in [0.15, 0.2) is 6.10 Å². The Morgan fingerprint density at radius 1 is 1.21 bits per heavy atom. The quantitative estimate of drug-likeness (QED) is 0.234. The fourth-order valence-electron chi connectivity index (χ4n) is 2.08. The Hall–Kier alpha value is -3.21. The summed E-state index contributed by atoms with van der Waals surface area (Å²) in [4.78, 5) is 34.8. The van der Waals surface area contributed by atoms with Crippen LogP contribution in [0.5, 0.6) is 0 Å². The summed E-state index contributed by atoms with van der Waals surface area (Å²) in [5, 5.41) is 13.3. The maximum atomic E-state index is 12.3. The highest BCUT2D eigenvalue weighted by atomic mass is 32.2. The zero-order chi connectivity index (χ0) is 20.8. The number of ether oxygens (including phenoxy) is 1. The molecule has 0 aromatic heterocycles. The Balaban J connectivity index is 2.01. The first kappa shape index (κ1) is 21.1. The predicted molar refractivity (Wildman–Crippen MR) is 99.3 cm³/mol. The van der Waals surface area contributed by atoms with E-state index in [0.29, 0.717) is 22.3 Å². The van der Waals surface area contributed by atoms with Gasteiger partial charge in [-0.25, -0.2) is 4.79 Å². The molecule has 0 aliphatic carbocycles. The summed E-state index contributed by atoms with van der Waals surface area (Å²) in [6, 6.07) is 8.96. The minimum Gasteiger partial charge on any atom is -0.449 e. The number of alkyl halides is 2. The first-order valence-electron chi connectivity index (χ1n) is 7.78. The van der Waals surface area contributed by atoms with E-state index in [1.807, 2.05) is 0 Å². The van der Waals surface area contributed by atoms with Crippen LogP contribution in [0.2, 0.25) is 0 Å². The Morgan fingerprint density at radius 3 is 2.43 bits per heavy atom. The van der Waals surface area contributed by atoms with Gasteiger partial charge in [0, 0.05) is 28.4 Å². The summed E-state index contributed by atoms with van der Waals surface area (Å²) >= 11 is 0.368. The molecule has 148 valence electrons. The third-order valence-corrected chi connectivity index (χ3v) is 4.19. The second-order valence-electron chi connectivity index (χ2n) is 5.47. The number of nitrogens with two attached hydrogens (primary N) is 1. The molecule has 0 aliphatic heterocycles. The van der Waals surface area contributed by atoms with Gasteiger partial charge in [0.2, 0.25) is 0 Å². The van der Waals surface area contributed by atoms with Crippen LogP contribution in [0.3, 0.4) is 0 Å². The minimum atomic E-state index is -2.55. The van der Waals surface area contributed by atoms with E-state index >= 15 is 0 Å². The number of halogens is 2. The topological polar surface area (TPSA) is 125 Å². The van der Waals surface area contributed by atoms with Gasteiger partial charge >= 0.3 is 5.97 Å². The lowest BCUT2D eigenvalue weighted by Gasteiger charge is -2.14. The number of hydrogen-bond acceptors (Lipinski definition) is 7. The highest BCUT2D eigenvalue weighted by Gasteiger charge is 2.22. The Kier molecular flexibility index (Phi) is 6.88. The van der Waals surface area contributed by atoms with Crippen molar-refractivity contribution in [2.45, 2.75) is 23.7 Å². The number of hydrogen-bond donors (Lipinski definition) is 2. The second kappa shape index (κ2) is 9.13. The smallest absolute Gasteiger partial charge is 0.341 e. The molecule has 0 unspecified atom stereocenters. The first-order valence-corrected chi connectivity index (χ1v) is 8.66. The summed E-state index contributed by atoms with van der Waals surface area (Å²) in [5.74, 6) is -4.22. The molecule has 3 N–H and O–H groups in total. The van der Waals surface area contributed by atoms with Gasteiger partial charge in [-0.2, -0.15) is 8.78 Å². The van der Waals surface area contributed by atoms with Crippen molar-refractivity contribution in [2.75, 3.05) is 11.1 Å². The molecule has 0 spiro atoms. The van der Waals surface area contributed by atoms with Crippen molar-refractivity contribution in [1.82, 2.24) is 0 Å². The van der Waals surface area contributed by atoms with Crippen molar-refractivity contribution in [2.24, 2.45) is 0 Å². The number of nitrogens with one attached hydrogen (secondary N) is 1. The van der Waals surface area contributed by atoms with Crippen molar-refractivity contribution >= 4 is 40.7 Å². The molecule has 1 amide bonds. The standard InChI is InChI=1S/C17H15F2N3O5S/c1-9(15(23)21-10-2-5-12(6-3-10)28-17(18)19)27-16(24)13-8-11(22(25)26)4-7-14(13)20/h2-9,17H,20H2,1H3,(H,21,23)/t9-/m0/s1. The lowest BCUT2D eigenvalue weighted by molar-refractivity contribution is -0.384. The van der Waals surface area contributed by atoms with Gasteiger partial charge in [0.25, 0.3) is 17.4 Å². The van der Waals surface area contributed by atoms with E-state index in [4.69, 9.17) is 10.5 Å². The van der Waals surface area contributed by atoms with E-state index in [1.165, 1.54) is 37.3 Å². The number of esters is 1. The van der Waals surface area contributed by atoms with Crippen LogP contribution >= 0.6 is 11.8 Å². The van der Waals surface area contributed by atoms with Gasteiger partial charge in [-0.05, 0) is 37.3 Å². The monoisotopic (exact) mass is 411 g/mol. The molecule has 0 bridgehead atoms. The molecular formula is C17H15F2N3O5S. The SMILES string of the molecule is C[C@H](OC(=O)c1cc([N+](=O)[O-])ccc1N)C(=O)Nc1ccc(SC(F)F)cc1. The molecule has 0 radical (unpaired) electrons. The maximum Gasteiger partial charge on any atom is 0.341 e. The lowest BCUT2D eigenvalue weighted by atomic mass is 10.1. The van der Waals surface area contributed by atoms with Crippen molar-refractivity contribution in [3.8, 4) is 0 Å². The fraction of sp³-hybridized carbons (Fsp3) is 0.176. The minimum absolute atomic E-state index is 0.0321. The van der Waals surface area contributed by atoms with Gasteiger partial charge in [0.1, 0.15) is 0 Å². The maximum absolute atomic E-state index is 12.3. The van der Waals surface area contributed by atoms with Gasteiger partial charge in [0.05, 0.1) is 10.5 Å². The highest BCUT2D eigenvalue weighted by Crippen LogP contribution is 2.26. The Bertz CT molecular complexity index is 893. The van der Waals surface area contributed by atoms with Crippen LogP contribution in [0.25, 0.3) is 0 Å². The number of amides is 1. The molecular weight excluding hydrogens is 396 g/mol. The van der Waals surface area contributed by atoms with Crippen molar-refractivity contribution < 1.29 is 28.0 Å². The first-order chi connectivity index (χ1) is 13.2. The second-order valence-corrected chi connectivity index (χ2v) is 6.53. The predicted octanol–water partition coefficient (Wildman–Crippen LogP) is 3.68. The molecule has 0 fully saturated rings. The number of benzene rings is 2. The van der Waals surface area contributed by atoms with E-state index in [0.717, 1.165) is 12.1 Å².